The zero-order valence-electron chi connectivity index (χ0n) is 10.2. The Labute approximate surface area is 116 Å². The van der Waals surface area contributed by atoms with Gasteiger partial charge >= 0.3 is 0 Å². The van der Waals surface area contributed by atoms with Crippen LogP contribution in [0.5, 0.6) is 0 Å². The van der Waals surface area contributed by atoms with Crippen LogP contribution in [0.4, 0.5) is 0 Å². The van der Waals surface area contributed by atoms with Crippen molar-refractivity contribution in [2.24, 2.45) is 0 Å². The predicted octanol–water partition coefficient (Wildman–Crippen LogP) is 2.65. The highest BCUT2D eigenvalue weighted by Gasteiger charge is 2.15. The number of aromatic nitrogens is 2. The molecule has 2 heterocycles. The highest BCUT2D eigenvalue weighted by molar-refractivity contribution is 7.23. The molecule has 0 unspecified atom stereocenters. The van der Waals surface area contributed by atoms with Crippen LogP contribution in [0.1, 0.15) is 0 Å². The lowest BCUT2D eigenvalue weighted by atomic mass is 10.1. The Hall–Kier alpha value is -2.53. The van der Waals surface area contributed by atoms with Gasteiger partial charge in [0.25, 0.3) is 5.43 Å². The Kier molecular flexibility index (Phi) is 2.25. The maximum atomic E-state index is 11.9. The van der Waals surface area contributed by atoms with Crippen molar-refractivity contribution < 1.29 is 0 Å². The minimum absolute atomic E-state index is 0.372. The number of hydrogen-bond acceptors (Lipinski definition) is 4. The highest BCUT2D eigenvalue weighted by Crippen LogP contribution is 2.25. The van der Waals surface area contributed by atoms with Crippen molar-refractivity contribution in [3.63, 3.8) is 0 Å². The molecular weight excluding hydrogens is 272 g/mol. The van der Waals surface area contributed by atoms with E-state index in [9.17, 15) is 9.59 Å². The van der Waals surface area contributed by atoms with Crippen molar-refractivity contribution >= 4 is 42.7 Å². The van der Waals surface area contributed by atoms with Gasteiger partial charge < -0.3 is 4.98 Å². The second-order valence-electron chi connectivity index (χ2n) is 4.49. The zero-order chi connectivity index (χ0) is 13.7. The molecule has 4 aromatic rings. The lowest BCUT2D eigenvalue weighted by Crippen LogP contribution is -2.31. The number of hydrogen-bond donors (Lipinski definition) is 1. The molecule has 0 spiro atoms. The fourth-order valence-electron chi connectivity index (χ4n) is 2.33. The fraction of sp³-hybridized carbons (Fsp3) is 0. The summed E-state index contributed by atoms with van der Waals surface area (Å²) in [5, 5.41) is 1.17. The van der Waals surface area contributed by atoms with E-state index in [4.69, 9.17) is 0 Å². The Morgan fingerprint density at radius 1 is 1.00 bits per heavy atom. The number of para-hydroxylation sites is 1. The van der Waals surface area contributed by atoms with Crippen LogP contribution in [0, 0.1) is 0 Å². The third-order valence-electron chi connectivity index (χ3n) is 3.30. The van der Waals surface area contributed by atoms with E-state index in [1.165, 1.54) is 11.3 Å². The standard InChI is InChI=1S/C15H8N2O2S/c18-13-11-8-4-3-7-16-15(8)20-10-6-2-1-5-9(10)17-12(11)14(13)19/h1-7,17H. The van der Waals surface area contributed by atoms with Gasteiger partial charge in [0.1, 0.15) is 10.3 Å². The number of H-pyrrole nitrogens is 1. The maximum absolute atomic E-state index is 11.9. The average Bonchev–Trinajstić information content (AvgIpc) is 2.47. The van der Waals surface area contributed by atoms with Gasteiger partial charge in [-0.3, -0.25) is 9.59 Å². The molecule has 20 heavy (non-hydrogen) atoms. The zero-order valence-corrected chi connectivity index (χ0v) is 11.0. The third kappa shape index (κ3) is 1.44. The summed E-state index contributed by atoms with van der Waals surface area (Å²) in [6.07, 6.45) is 1.69. The summed E-state index contributed by atoms with van der Waals surface area (Å²) in [6.45, 7) is 0. The first-order valence-corrected chi connectivity index (χ1v) is 6.90. The second-order valence-corrected chi connectivity index (χ2v) is 5.52. The molecule has 96 valence electrons. The fourth-order valence-corrected chi connectivity index (χ4v) is 3.31. The second kappa shape index (κ2) is 3.98. The van der Waals surface area contributed by atoms with E-state index in [1.807, 2.05) is 30.3 Å². The molecule has 1 N–H and O–H groups in total. The van der Waals surface area contributed by atoms with Crippen molar-refractivity contribution in [1.82, 2.24) is 9.97 Å². The number of aromatic amines is 1. The Morgan fingerprint density at radius 3 is 2.75 bits per heavy atom. The van der Waals surface area contributed by atoms with Crippen LogP contribution in [0.25, 0.3) is 31.3 Å². The van der Waals surface area contributed by atoms with Crippen molar-refractivity contribution in [1.29, 1.82) is 0 Å². The van der Waals surface area contributed by atoms with E-state index in [2.05, 4.69) is 9.97 Å². The number of pyridine rings is 1. The number of fused-ring (bicyclic) bond motifs is 4. The molecule has 0 amide bonds. The molecule has 0 atom stereocenters. The molecule has 0 saturated heterocycles. The summed E-state index contributed by atoms with van der Waals surface area (Å²) in [5.74, 6) is 0. The largest absolute Gasteiger partial charge is 0.350 e. The first-order chi connectivity index (χ1) is 9.75. The summed E-state index contributed by atoms with van der Waals surface area (Å²) >= 11 is 1.49. The molecule has 0 aliphatic rings. The lowest BCUT2D eigenvalue weighted by Gasteiger charge is -2.03. The van der Waals surface area contributed by atoms with Gasteiger partial charge in [-0.2, -0.15) is 0 Å². The van der Waals surface area contributed by atoms with Gasteiger partial charge in [-0.1, -0.05) is 12.1 Å². The van der Waals surface area contributed by atoms with Crippen LogP contribution in [-0.4, -0.2) is 9.97 Å². The average molecular weight is 280 g/mol. The topological polar surface area (TPSA) is 62.8 Å². The van der Waals surface area contributed by atoms with Crippen LogP contribution in [-0.2, 0) is 0 Å². The van der Waals surface area contributed by atoms with Crippen LogP contribution < -0.4 is 10.9 Å². The molecule has 0 aliphatic heterocycles. The molecule has 5 heteroatoms. The smallest absolute Gasteiger partial charge is 0.250 e. The highest BCUT2D eigenvalue weighted by atomic mass is 32.1. The minimum atomic E-state index is -0.462. The van der Waals surface area contributed by atoms with Crippen LogP contribution in [0.15, 0.2) is 52.2 Å². The van der Waals surface area contributed by atoms with E-state index in [0.29, 0.717) is 10.9 Å². The van der Waals surface area contributed by atoms with Crippen LogP contribution in [0.2, 0.25) is 0 Å². The Morgan fingerprint density at radius 2 is 1.85 bits per heavy atom. The molecule has 4 rings (SSSR count). The third-order valence-corrected chi connectivity index (χ3v) is 4.40. The van der Waals surface area contributed by atoms with Gasteiger partial charge in [0.15, 0.2) is 0 Å². The number of benzene rings is 1. The van der Waals surface area contributed by atoms with Gasteiger partial charge in [-0.25, -0.2) is 4.98 Å². The summed E-state index contributed by atoms with van der Waals surface area (Å²) in [5.41, 5.74) is 0.289. The molecule has 0 aliphatic carbocycles. The molecule has 0 saturated carbocycles. The van der Waals surface area contributed by atoms with Gasteiger partial charge in [0.05, 0.1) is 15.6 Å². The molecule has 0 radical (unpaired) electrons. The van der Waals surface area contributed by atoms with Crippen LogP contribution in [0.3, 0.4) is 0 Å². The normalized spacial score (nSPS) is 11.4. The molecule has 0 fully saturated rings. The quantitative estimate of drug-likeness (QED) is 0.504. The van der Waals surface area contributed by atoms with Crippen molar-refractivity contribution in [3.05, 3.63) is 63.0 Å². The first-order valence-electron chi connectivity index (χ1n) is 6.08. The molecule has 2 aromatic carbocycles. The summed E-state index contributed by atoms with van der Waals surface area (Å²) in [6, 6.07) is 11.3. The van der Waals surface area contributed by atoms with E-state index in [1.54, 1.807) is 12.3 Å². The van der Waals surface area contributed by atoms with Gasteiger partial charge in [-0.05, 0) is 24.3 Å². The summed E-state index contributed by atoms with van der Waals surface area (Å²) < 4.78 is 0.978. The lowest BCUT2D eigenvalue weighted by molar-refractivity contribution is 1.41. The number of nitrogens with one attached hydrogen (secondary N) is 1. The molecule has 4 nitrogen and oxygen atoms in total. The monoisotopic (exact) mass is 280 g/mol. The van der Waals surface area contributed by atoms with E-state index >= 15 is 0 Å². The van der Waals surface area contributed by atoms with Crippen molar-refractivity contribution in [2.45, 2.75) is 0 Å². The number of rotatable bonds is 0. The van der Waals surface area contributed by atoms with Crippen molar-refractivity contribution in [3.8, 4) is 0 Å². The van der Waals surface area contributed by atoms with Crippen LogP contribution >= 0.6 is 11.3 Å². The maximum Gasteiger partial charge on any atom is 0.250 e. The van der Waals surface area contributed by atoms with Crippen molar-refractivity contribution in [2.75, 3.05) is 0 Å². The predicted molar refractivity (Wildman–Crippen MR) is 81.5 cm³/mol. The van der Waals surface area contributed by atoms with E-state index in [-0.39, 0.29) is 0 Å². The molecular formula is C15H8N2O2S. The number of nitrogens with zero attached hydrogens (tertiary/aromatic N) is 1. The SMILES string of the molecule is O=c1c(=O)c2c1[nH]c1ccccc1sc1ncccc12. The van der Waals surface area contributed by atoms with Gasteiger partial charge in [0, 0.05) is 11.6 Å². The van der Waals surface area contributed by atoms with E-state index in [0.717, 1.165) is 20.4 Å². The summed E-state index contributed by atoms with van der Waals surface area (Å²) in [7, 11) is 0. The summed E-state index contributed by atoms with van der Waals surface area (Å²) in [4.78, 5) is 31.8. The molecule has 0 bridgehead atoms. The first kappa shape index (κ1) is 11.3. The minimum Gasteiger partial charge on any atom is -0.350 e. The molecule has 2 aromatic heterocycles. The van der Waals surface area contributed by atoms with Gasteiger partial charge in [0.2, 0.25) is 5.43 Å². The Balaban J connectivity index is 2.42. The Bertz CT molecular complexity index is 1100. The van der Waals surface area contributed by atoms with Gasteiger partial charge in [-0.15, -0.1) is 11.3 Å². The van der Waals surface area contributed by atoms with E-state index < -0.39 is 10.9 Å².